The normalized spacial score (nSPS) is 21.4. The van der Waals surface area contributed by atoms with E-state index >= 15 is 0 Å². The summed E-state index contributed by atoms with van der Waals surface area (Å²) in [6, 6.07) is 15.2. The van der Waals surface area contributed by atoms with E-state index in [9.17, 15) is 9.59 Å². The van der Waals surface area contributed by atoms with Gasteiger partial charge in [0.2, 0.25) is 0 Å². The smallest absolute Gasteiger partial charge is 0.309 e. The van der Waals surface area contributed by atoms with E-state index in [4.69, 9.17) is 0 Å². The second-order valence-corrected chi connectivity index (χ2v) is 7.80. The number of nitrogens with zero attached hydrogens (tertiary/aromatic N) is 2. The summed E-state index contributed by atoms with van der Waals surface area (Å²) in [5.74, 6) is 0.710. The Morgan fingerprint density at radius 2 is 2.04 bits per heavy atom. The zero-order chi connectivity index (χ0) is 18.3. The Bertz CT molecular complexity index is 885. The van der Waals surface area contributed by atoms with Gasteiger partial charge >= 0.3 is 6.03 Å². The van der Waals surface area contributed by atoms with Gasteiger partial charge in [0, 0.05) is 30.1 Å². The van der Waals surface area contributed by atoms with Crippen LogP contribution in [0.15, 0.2) is 48.5 Å². The van der Waals surface area contributed by atoms with E-state index in [1.807, 2.05) is 62.4 Å². The lowest BCUT2D eigenvalue weighted by molar-refractivity contribution is -0.123. The number of aryl methyl sites for hydroxylation is 1. The molecular formula is C20H21N3O2S. The van der Waals surface area contributed by atoms with E-state index in [2.05, 4.69) is 5.32 Å². The topological polar surface area (TPSA) is 52.7 Å². The van der Waals surface area contributed by atoms with Crippen LogP contribution in [0.2, 0.25) is 0 Å². The number of amides is 3. The highest BCUT2D eigenvalue weighted by Crippen LogP contribution is 2.53. The van der Waals surface area contributed by atoms with E-state index in [0.29, 0.717) is 13.1 Å². The number of urea groups is 1. The molecule has 0 aromatic heterocycles. The van der Waals surface area contributed by atoms with Gasteiger partial charge in [-0.1, -0.05) is 30.3 Å². The summed E-state index contributed by atoms with van der Waals surface area (Å²) in [6.07, 6.45) is 0. The first-order valence-corrected chi connectivity index (χ1v) is 9.77. The van der Waals surface area contributed by atoms with Gasteiger partial charge in [-0.2, -0.15) is 0 Å². The molecule has 0 saturated carbocycles. The molecule has 134 valence electrons. The third-order valence-electron chi connectivity index (χ3n) is 4.93. The van der Waals surface area contributed by atoms with E-state index < -0.39 is 4.87 Å². The first-order chi connectivity index (χ1) is 12.6. The third kappa shape index (κ3) is 2.40. The highest BCUT2D eigenvalue weighted by molar-refractivity contribution is 8.01. The molecule has 1 fully saturated rings. The number of nitrogens with one attached hydrogen (secondary N) is 1. The summed E-state index contributed by atoms with van der Waals surface area (Å²) in [5.41, 5.74) is 3.64. The van der Waals surface area contributed by atoms with Crippen molar-refractivity contribution in [3.8, 4) is 0 Å². The summed E-state index contributed by atoms with van der Waals surface area (Å²) >= 11 is 1.55. The molecule has 1 saturated heterocycles. The molecule has 2 heterocycles. The zero-order valence-electron chi connectivity index (χ0n) is 14.9. The van der Waals surface area contributed by atoms with Crippen molar-refractivity contribution in [3.63, 3.8) is 0 Å². The van der Waals surface area contributed by atoms with Crippen LogP contribution in [0.4, 0.5) is 16.2 Å². The molecule has 2 aliphatic rings. The van der Waals surface area contributed by atoms with Gasteiger partial charge in [0.1, 0.15) is 0 Å². The molecule has 1 atom stereocenters. The monoisotopic (exact) mass is 367 g/mol. The molecule has 1 spiro atoms. The summed E-state index contributed by atoms with van der Waals surface area (Å²) in [7, 11) is 0. The van der Waals surface area contributed by atoms with Crippen LogP contribution in [0.25, 0.3) is 0 Å². The Hall–Kier alpha value is -2.47. The van der Waals surface area contributed by atoms with Gasteiger partial charge in [0.15, 0.2) is 4.87 Å². The number of anilines is 2. The van der Waals surface area contributed by atoms with Crippen molar-refractivity contribution in [2.45, 2.75) is 18.7 Å². The van der Waals surface area contributed by atoms with Gasteiger partial charge in [-0.15, -0.1) is 11.8 Å². The SMILES string of the molecule is CCN1C(=O)C2(SCCN2C(=O)Nc2cccc(C)c2)c2ccccc21. The van der Waals surface area contributed by atoms with Gasteiger partial charge < -0.3 is 10.2 Å². The average Bonchev–Trinajstić information content (AvgIpc) is 3.17. The van der Waals surface area contributed by atoms with Gasteiger partial charge in [-0.3, -0.25) is 9.69 Å². The second-order valence-electron chi connectivity index (χ2n) is 6.51. The third-order valence-corrected chi connectivity index (χ3v) is 6.35. The fourth-order valence-electron chi connectivity index (χ4n) is 3.80. The lowest BCUT2D eigenvalue weighted by Crippen LogP contribution is -2.51. The van der Waals surface area contributed by atoms with Crippen LogP contribution in [0, 0.1) is 6.92 Å². The van der Waals surface area contributed by atoms with Crippen LogP contribution in [-0.2, 0) is 9.67 Å². The number of benzene rings is 2. The fourth-order valence-corrected chi connectivity index (χ4v) is 5.26. The van der Waals surface area contributed by atoms with Crippen LogP contribution in [0.3, 0.4) is 0 Å². The highest BCUT2D eigenvalue weighted by atomic mass is 32.2. The Morgan fingerprint density at radius 1 is 1.23 bits per heavy atom. The van der Waals surface area contributed by atoms with Crippen molar-refractivity contribution in [3.05, 3.63) is 59.7 Å². The van der Waals surface area contributed by atoms with Gasteiger partial charge in [0.25, 0.3) is 5.91 Å². The number of rotatable bonds is 2. The number of para-hydroxylation sites is 1. The molecule has 26 heavy (non-hydrogen) atoms. The zero-order valence-corrected chi connectivity index (χ0v) is 15.7. The van der Waals surface area contributed by atoms with Crippen molar-refractivity contribution >= 4 is 35.1 Å². The molecule has 2 aromatic carbocycles. The molecule has 5 nitrogen and oxygen atoms in total. The lowest BCUT2D eigenvalue weighted by Gasteiger charge is -2.33. The van der Waals surface area contributed by atoms with E-state index in [1.165, 1.54) is 0 Å². The van der Waals surface area contributed by atoms with Crippen LogP contribution in [-0.4, -0.2) is 35.7 Å². The Labute approximate surface area is 157 Å². The Morgan fingerprint density at radius 3 is 2.81 bits per heavy atom. The molecule has 4 rings (SSSR count). The minimum Gasteiger partial charge on any atom is -0.309 e. The molecule has 0 aliphatic carbocycles. The van der Waals surface area contributed by atoms with Crippen molar-refractivity contribution in [2.75, 3.05) is 29.1 Å². The number of fused-ring (bicyclic) bond motifs is 2. The molecule has 2 aromatic rings. The summed E-state index contributed by atoms with van der Waals surface area (Å²) in [4.78, 5) is 28.9. The van der Waals surface area contributed by atoms with Crippen molar-refractivity contribution in [1.82, 2.24) is 4.90 Å². The standard InChI is InChI=1S/C20H21N3O2S/c1-3-22-17-10-5-4-9-16(17)20(18(22)24)23(11-12-26-20)19(25)21-15-8-6-7-14(2)13-15/h4-10,13H,3,11-12H2,1-2H3,(H,21,25). The number of likely N-dealkylation sites (N-methyl/N-ethyl adjacent to an activating group) is 1. The Kier molecular flexibility index (Phi) is 4.15. The van der Waals surface area contributed by atoms with Crippen LogP contribution < -0.4 is 10.2 Å². The maximum absolute atomic E-state index is 13.3. The minimum atomic E-state index is -0.958. The van der Waals surface area contributed by atoms with E-state index in [-0.39, 0.29) is 11.9 Å². The summed E-state index contributed by atoms with van der Waals surface area (Å²) in [5, 5.41) is 2.96. The largest absolute Gasteiger partial charge is 0.323 e. The van der Waals surface area contributed by atoms with Gasteiger partial charge in [-0.25, -0.2) is 4.79 Å². The summed E-state index contributed by atoms with van der Waals surface area (Å²) in [6.45, 7) is 5.08. The maximum atomic E-state index is 13.3. The number of carbonyl (C=O) groups is 2. The molecule has 0 radical (unpaired) electrons. The first kappa shape index (κ1) is 17.0. The fraction of sp³-hybridized carbons (Fsp3) is 0.300. The molecule has 1 N–H and O–H groups in total. The van der Waals surface area contributed by atoms with Crippen molar-refractivity contribution in [2.24, 2.45) is 0 Å². The predicted molar refractivity (Wildman–Crippen MR) is 106 cm³/mol. The first-order valence-electron chi connectivity index (χ1n) is 8.78. The second kappa shape index (κ2) is 6.36. The molecule has 2 aliphatic heterocycles. The Balaban J connectivity index is 1.72. The highest BCUT2D eigenvalue weighted by Gasteiger charge is 2.59. The molecule has 3 amide bonds. The van der Waals surface area contributed by atoms with Gasteiger partial charge in [-0.05, 0) is 37.6 Å². The minimum absolute atomic E-state index is 0.0249. The van der Waals surface area contributed by atoms with Crippen molar-refractivity contribution in [1.29, 1.82) is 0 Å². The number of hydrogen-bond acceptors (Lipinski definition) is 3. The van der Waals surface area contributed by atoms with Crippen molar-refractivity contribution < 1.29 is 9.59 Å². The quantitative estimate of drug-likeness (QED) is 0.878. The molecule has 0 bridgehead atoms. The predicted octanol–water partition coefficient (Wildman–Crippen LogP) is 3.80. The number of carbonyl (C=O) groups excluding carboxylic acids is 2. The van der Waals surface area contributed by atoms with Crippen LogP contribution in [0.5, 0.6) is 0 Å². The number of thioether (sulfide) groups is 1. The molecular weight excluding hydrogens is 346 g/mol. The maximum Gasteiger partial charge on any atom is 0.323 e. The van der Waals surface area contributed by atoms with Crippen LogP contribution >= 0.6 is 11.8 Å². The lowest BCUT2D eigenvalue weighted by atomic mass is 10.1. The molecule has 6 heteroatoms. The number of hydrogen-bond donors (Lipinski definition) is 1. The van der Waals surface area contributed by atoms with E-state index in [1.54, 1.807) is 21.6 Å². The van der Waals surface area contributed by atoms with E-state index in [0.717, 1.165) is 28.3 Å². The van der Waals surface area contributed by atoms with Gasteiger partial charge in [0.05, 0.1) is 5.69 Å². The summed E-state index contributed by atoms with van der Waals surface area (Å²) < 4.78 is 0. The van der Waals surface area contributed by atoms with Crippen LogP contribution in [0.1, 0.15) is 18.1 Å². The molecule has 1 unspecified atom stereocenters. The average molecular weight is 367 g/mol.